The number of oxazole rings is 1. The molecule has 0 bridgehead atoms. The van der Waals surface area contributed by atoms with Crippen LogP contribution < -0.4 is 16.0 Å². The maximum atomic E-state index is 12.7. The molecule has 4 rings (SSSR count). The minimum absolute atomic E-state index is 0.00331. The molecule has 3 heterocycles. The lowest BCUT2D eigenvalue weighted by Crippen LogP contribution is -2.42. The first-order chi connectivity index (χ1) is 15.0. The molecule has 9 heteroatoms. The zero-order valence-corrected chi connectivity index (χ0v) is 17.2. The van der Waals surface area contributed by atoms with Gasteiger partial charge in [-0.2, -0.15) is 0 Å². The smallest absolute Gasteiger partial charge is 0.328 e. The highest BCUT2D eigenvalue weighted by Gasteiger charge is 2.28. The lowest BCUT2D eigenvalue weighted by Gasteiger charge is -2.31. The number of methoxy groups -OCH3 is 1. The molecular formula is C22H24N4O5. The van der Waals surface area contributed by atoms with E-state index in [1.165, 1.54) is 16.8 Å². The van der Waals surface area contributed by atoms with Crippen LogP contribution in [0.15, 0.2) is 56.7 Å². The fourth-order valence-electron chi connectivity index (χ4n) is 3.85. The van der Waals surface area contributed by atoms with E-state index >= 15 is 0 Å². The SMILES string of the molecule is COc1ccccc1Cc1cnc([C@@H]2CCCN(C(=O)Cn3ccc(=O)[nH]c3=O)C2)o1. The highest BCUT2D eigenvalue weighted by Crippen LogP contribution is 2.28. The van der Waals surface area contributed by atoms with Gasteiger partial charge in [-0.15, -0.1) is 0 Å². The molecule has 1 aliphatic rings. The standard InChI is InChI=1S/C22H24N4O5/c1-30-18-7-3-2-5-15(18)11-17-12-23-21(31-17)16-6-4-9-25(13-16)20(28)14-26-10-8-19(27)24-22(26)29/h2-3,5,7-8,10,12,16H,4,6,9,11,13-14H2,1H3,(H,24,27,29)/t16-/m1/s1. The second-order valence-corrected chi connectivity index (χ2v) is 7.57. The minimum Gasteiger partial charge on any atom is -0.496 e. The number of carbonyl (C=O) groups is 1. The molecule has 1 amide bonds. The van der Waals surface area contributed by atoms with Crippen molar-refractivity contribution in [3.63, 3.8) is 0 Å². The molecule has 1 saturated heterocycles. The molecule has 1 aromatic carbocycles. The normalized spacial score (nSPS) is 16.3. The number of rotatable bonds is 6. The number of hydrogen-bond acceptors (Lipinski definition) is 6. The molecule has 1 fully saturated rings. The number of H-pyrrole nitrogens is 1. The molecule has 3 aromatic rings. The predicted molar refractivity (Wildman–Crippen MR) is 112 cm³/mol. The Morgan fingerprint density at radius 1 is 1.29 bits per heavy atom. The first-order valence-electron chi connectivity index (χ1n) is 10.2. The van der Waals surface area contributed by atoms with Crippen LogP contribution >= 0.6 is 0 Å². The summed E-state index contributed by atoms with van der Waals surface area (Å²) in [5.41, 5.74) is -0.0675. The van der Waals surface area contributed by atoms with Crippen molar-refractivity contribution >= 4 is 5.91 Å². The number of nitrogens with zero attached hydrogens (tertiary/aromatic N) is 3. The number of hydrogen-bond donors (Lipinski definition) is 1. The number of piperidine rings is 1. The van der Waals surface area contributed by atoms with Gasteiger partial charge in [-0.3, -0.25) is 19.1 Å². The van der Waals surface area contributed by atoms with Gasteiger partial charge in [0.2, 0.25) is 5.91 Å². The summed E-state index contributed by atoms with van der Waals surface area (Å²) in [7, 11) is 1.64. The van der Waals surface area contributed by atoms with Crippen molar-refractivity contribution in [3.05, 3.63) is 80.8 Å². The van der Waals surface area contributed by atoms with Crippen LogP contribution in [-0.4, -0.2) is 45.5 Å². The summed E-state index contributed by atoms with van der Waals surface area (Å²) >= 11 is 0. The summed E-state index contributed by atoms with van der Waals surface area (Å²) in [6.45, 7) is 0.973. The Morgan fingerprint density at radius 3 is 2.94 bits per heavy atom. The fourth-order valence-corrected chi connectivity index (χ4v) is 3.85. The van der Waals surface area contributed by atoms with Crippen LogP contribution in [0, 0.1) is 0 Å². The van der Waals surface area contributed by atoms with E-state index in [0.717, 1.165) is 29.9 Å². The maximum absolute atomic E-state index is 12.7. The second kappa shape index (κ2) is 9.03. The molecule has 0 saturated carbocycles. The minimum atomic E-state index is -0.594. The van der Waals surface area contributed by atoms with Crippen LogP contribution in [0.5, 0.6) is 5.75 Å². The first kappa shape index (κ1) is 20.6. The molecule has 0 aliphatic carbocycles. The van der Waals surface area contributed by atoms with Crippen LogP contribution in [0.3, 0.4) is 0 Å². The Bertz CT molecular complexity index is 1180. The first-order valence-corrected chi connectivity index (χ1v) is 10.2. The lowest BCUT2D eigenvalue weighted by molar-refractivity contribution is -0.133. The largest absolute Gasteiger partial charge is 0.496 e. The average molecular weight is 424 g/mol. The van der Waals surface area contributed by atoms with Crippen LogP contribution in [0.25, 0.3) is 0 Å². The summed E-state index contributed by atoms with van der Waals surface area (Å²) in [4.78, 5) is 44.1. The Labute approximate surface area is 178 Å². The molecule has 1 atom stereocenters. The number of aromatic amines is 1. The maximum Gasteiger partial charge on any atom is 0.328 e. The summed E-state index contributed by atoms with van der Waals surface area (Å²) in [5, 5.41) is 0. The number of nitrogens with one attached hydrogen (secondary N) is 1. The van der Waals surface area contributed by atoms with Crippen LogP contribution in [0.1, 0.15) is 36.0 Å². The van der Waals surface area contributed by atoms with Gasteiger partial charge >= 0.3 is 5.69 Å². The van der Waals surface area contributed by atoms with E-state index in [9.17, 15) is 14.4 Å². The van der Waals surface area contributed by atoms with Crippen molar-refractivity contribution in [1.29, 1.82) is 0 Å². The van der Waals surface area contributed by atoms with Crippen molar-refractivity contribution in [3.8, 4) is 5.75 Å². The van der Waals surface area contributed by atoms with E-state index < -0.39 is 11.2 Å². The molecule has 0 unspecified atom stereocenters. The zero-order chi connectivity index (χ0) is 21.8. The third-order valence-electron chi connectivity index (χ3n) is 5.45. The lowest BCUT2D eigenvalue weighted by atomic mass is 9.98. The Balaban J connectivity index is 1.42. The van der Waals surface area contributed by atoms with Crippen molar-refractivity contribution < 1.29 is 13.9 Å². The van der Waals surface area contributed by atoms with Gasteiger partial charge in [0.25, 0.3) is 5.56 Å². The molecule has 2 aromatic heterocycles. The molecule has 31 heavy (non-hydrogen) atoms. The van der Waals surface area contributed by atoms with Crippen molar-refractivity contribution in [1.82, 2.24) is 19.4 Å². The summed E-state index contributed by atoms with van der Waals surface area (Å²) < 4.78 is 12.6. The van der Waals surface area contributed by atoms with E-state index in [-0.39, 0.29) is 18.4 Å². The molecule has 162 valence electrons. The van der Waals surface area contributed by atoms with Crippen LogP contribution in [-0.2, 0) is 17.8 Å². The number of likely N-dealkylation sites (tertiary alicyclic amines) is 1. The number of ether oxygens (including phenoxy) is 1. The highest BCUT2D eigenvalue weighted by molar-refractivity contribution is 5.76. The number of aromatic nitrogens is 3. The third kappa shape index (κ3) is 4.76. The van der Waals surface area contributed by atoms with Gasteiger partial charge in [0.1, 0.15) is 18.1 Å². The quantitative estimate of drug-likeness (QED) is 0.643. The molecule has 0 spiro atoms. The average Bonchev–Trinajstić information content (AvgIpc) is 3.25. The van der Waals surface area contributed by atoms with Crippen LogP contribution in [0.2, 0.25) is 0 Å². The van der Waals surface area contributed by atoms with E-state index in [1.807, 2.05) is 24.3 Å². The van der Waals surface area contributed by atoms with Gasteiger partial charge in [0, 0.05) is 37.3 Å². The van der Waals surface area contributed by atoms with E-state index in [0.29, 0.717) is 25.4 Å². The Morgan fingerprint density at radius 2 is 2.13 bits per heavy atom. The van der Waals surface area contributed by atoms with Gasteiger partial charge in [-0.25, -0.2) is 9.78 Å². The van der Waals surface area contributed by atoms with Crippen LogP contribution in [0.4, 0.5) is 0 Å². The van der Waals surface area contributed by atoms with Gasteiger partial charge < -0.3 is 14.1 Å². The second-order valence-electron chi connectivity index (χ2n) is 7.57. The molecule has 9 nitrogen and oxygen atoms in total. The number of amides is 1. The van der Waals surface area contributed by atoms with Gasteiger partial charge in [-0.05, 0) is 18.9 Å². The van der Waals surface area contributed by atoms with Gasteiger partial charge in [-0.1, -0.05) is 18.2 Å². The monoisotopic (exact) mass is 424 g/mol. The van der Waals surface area contributed by atoms with Gasteiger partial charge in [0.05, 0.1) is 19.2 Å². The Kier molecular flexibility index (Phi) is 6.01. The summed E-state index contributed by atoms with van der Waals surface area (Å²) in [5.74, 6) is 1.97. The van der Waals surface area contributed by atoms with Crippen molar-refractivity contribution in [2.75, 3.05) is 20.2 Å². The fraction of sp³-hybridized carbons (Fsp3) is 0.364. The molecule has 1 aliphatic heterocycles. The molecular weight excluding hydrogens is 400 g/mol. The van der Waals surface area contributed by atoms with Crippen molar-refractivity contribution in [2.45, 2.75) is 31.7 Å². The topological polar surface area (TPSA) is 110 Å². The molecule has 1 N–H and O–H groups in total. The van der Waals surface area contributed by atoms with Crippen molar-refractivity contribution in [2.24, 2.45) is 0 Å². The van der Waals surface area contributed by atoms with E-state index in [4.69, 9.17) is 9.15 Å². The number of para-hydroxylation sites is 1. The summed E-state index contributed by atoms with van der Waals surface area (Å²) in [6.07, 6.45) is 5.32. The van der Waals surface area contributed by atoms with E-state index in [1.54, 1.807) is 18.2 Å². The number of benzene rings is 1. The highest BCUT2D eigenvalue weighted by atomic mass is 16.5. The van der Waals surface area contributed by atoms with Gasteiger partial charge in [0.15, 0.2) is 5.89 Å². The number of carbonyl (C=O) groups excluding carboxylic acids is 1. The summed E-state index contributed by atoms with van der Waals surface area (Å²) in [6, 6.07) is 8.99. The predicted octanol–water partition coefficient (Wildman–Crippen LogP) is 1.53. The third-order valence-corrected chi connectivity index (χ3v) is 5.45. The Hall–Kier alpha value is -3.62. The van der Waals surface area contributed by atoms with E-state index in [2.05, 4.69) is 9.97 Å². The zero-order valence-electron chi connectivity index (χ0n) is 17.2. The molecule has 0 radical (unpaired) electrons.